The van der Waals surface area contributed by atoms with E-state index in [1.54, 1.807) is 11.3 Å². The fourth-order valence-corrected chi connectivity index (χ4v) is 3.67. The Hall–Kier alpha value is -1.39. The van der Waals surface area contributed by atoms with E-state index in [9.17, 15) is 0 Å². The van der Waals surface area contributed by atoms with Gasteiger partial charge in [-0.3, -0.25) is 0 Å². The third-order valence-electron chi connectivity index (χ3n) is 3.79. The van der Waals surface area contributed by atoms with Crippen LogP contribution in [0.15, 0.2) is 35.7 Å². The molecule has 2 aromatic rings. The lowest BCUT2D eigenvalue weighted by molar-refractivity contribution is 0.765. The maximum absolute atomic E-state index is 5.29. The van der Waals surface area contributed by atoms with Crippen molar-refractivity contribution in [3.05, 3.63) is 57.3 Å². The molecule has 3 rings (SSSR count). The van der Waals surface area contributed by atoms with Gasteiger partial charge >= 0.3 is 0 Å². The Morgan fingerprint density at radius 3 is 2.85 bits per heavy atom. The van der Waals surface area contributed by atoms with Crippen molar-refractivity contribution in [1.82, 2.24) is 10.6 Å². The molecule has 4 heteroatoms. The number of benzene rings is 1. The first kappa shape index (κ1) is 13.6. The number of thiophene rings is 1. The molecule has 2 nitrogen and oxygen atoms in total. The first-order valence-electron chi connectivity index (χ1n) is 6.91. The van der Waals surface area contributed by atoms with Gasteiger partial charge < -0.3 is 10.6 Å². The minimum absolute atomic E-state index is 0.140. The summed E-state index contributed by atoms with van der Waals surface area (Å²) in [5.41, 5.74) is 4.31. The lowest BCUT2D eigenvalue weighted by atomic mass is 10.00. The van der Waals surface area contributed by atoms with Gasteiger partial charge in [0.05, 0.1) is 6.04 Å². The number of thiocarbonyl (C=S) groups is 1. The first-order valence-corrected chi connectivity index (χ1v) is 8.20. The van der Waals surface area contributed by atoms with Gasteiger partial charge in [-0.15, -0.1) is 11.3 Å². The lowest BCUT2D eigenvalue weighted by Gasteiger charge is -2.20. The summed E-state index contributed by atoms with van der Waals surface area (Å²) in [6.45, 7) is 0. The molecule has 0 spiro atoms. The third-order valence-corrected chi connectivity index (χ3v) is 5.05. The third kappa shape index (κ3) is 2.72. The van der Waals surface area contributed by atoms with Gasteiger partial charge in [-0.25, -0.2) is 0 Å². The van der Waals surface area contributed by atoms with Gasteiger partial charge in [-0.1, -0.05) is 24.3 Å². The summed E-state index contributed by atoms with van der Waals surface area (Å²) in [4.78, 5) is 1.29. The van der Waals surface area contributed by atoms with Crippen LogP contribution in [0.3, 0.4) is 0 Å². The highest BCUT2D eigenvalue weighted by Crippen LogP contribution is 2.30. The summed E-state index contributed by atoms with van der Waals surface area (Å²) in [7, 11) is 1.85. The summed E-state index contributed by atoms with van der Waals surface area (Å²) < 4.78 is 0. The molecule has 20 heavy (non-hydrogen) atoms. The molecule has 1 aromatic heterocycles. The molecule has 0 amide bonds. The van der Waals surface area contributed by atoms with Gasteiger partial charge in [0.15, 0.2) is 5.11 Å². The van der Waals surface area contributed by atoms with E-state index in [2.05, 4.69) is 46.3 Å². The smallest absolute Gasteiger partial charge is 0.166 e. The number of hydrogen-bond donors (Lipinski definition) is 2. The van der Waals surface area contributed by atoms with E-state index in [0.29, 0.717) is 5.11 Å². The van der Waals surface area contributed by atoms with Crippen LogP contribution in [0.4, 0.5) is 0 Å². The highest BCUT2D eigenvalue weighted by atomic mass is 32.1. The molecule has 0 saturated heterocycles. The SMILES string of the molecule is CNC(=S)NC(c1ccc2c(c1)CCC2)c1cccs1. The Kier molecular flexibility index (Phi) is 4.03. The van der Waals surface area contributed by atoms with E-state index in [0.717, 1.165) is 0 Å². The zero-order valence-electron chi connectivity index (χ0n) is 11.5. The van der Waals surface area contributed by atoms with Crippen molar-refractivity contribution in [3.8, 4) is 0 Å². The Balaban J connectivity index is 1.94. The van der Waals surface area contributed by atoms with E-state index in [1.165, 1.54) is 40.8 Å². The standard InChI is InChI=1S/C16H18N2S2/c1-17-16(19)18-15(14-6-3-9-20-14)13-8-7-11-4-2-5-12(11)10-13/h3,6-10,15H,2,4-5H2,1H3,(H2,17,18,19). The molecule has 2 N–H and O–H groups in total. The number of hydrogen-bond acceptors (Lipinski definition) is 2. The molecule has 1 aliphatic carbocycles. The second-order valence-electron chi connectivity index (χ2n) is 5.05. The fourth-order valence-electron chi connectivity index (χ4n) is 2.75. The molecule has 0 fully saturated rings. The number of fused-ring (bicyclic) bond motifs is 1. The maximum atomic E-state index is 5.29. The molecule has 1 heterocycles. The van der Waals surface area contributed by atoms with E-state index in [-0.39, 0.29) is 6.04 Å². The van der Waals surface area contributed by atoms with Gasteiger partial charge in [0.2, 0.25) is 0 Å². The van der Waals surface area contributed by atoms with Crippen LogP contribution in [-0.2, 0) is 12.8 Å². The summed E-state index contributed by atoms with van der Waals surface area (Å²) in [5.74, 6) is 0. The van der Waals surface area contributed by atoms with E-state index >= 15 is 0 Å². The van der Waals surface area contributed by atoms with E-state index < -0.39 is 0 Å². The van der Waals surface area contributed by atoms with Gasteiger partial charge in [0.25, 0.3) is 0 Å². The van der Waals surface area contributed by atoms with Crippen molar-refractivity contribution in [2.45, 2.75) is 25.3 Å². The van der Waals surface area contributed by atoms with Crippen molar-refractivity contribution in [3.63, 3.8) is 0 Å². The first-order chi connectivity index (χ1) is 9.78. The molecule has 1 aromatic carbocycles. The van der Waals surface area contributed by atoms with Crippen LogP contribution in [-0.4, -0.2) is 12.2 Å². The van der Waals surface area contributed by atoms with Crippen molar-refractivity contribution < 1.29 is 0 Å². The zero-order valence-corrected chi connectivity index (χ0v) is 13.1. The van der Waals surface area contributed by atoms with Crippen molar-refractivity contribution in [1.29, 1.82) is 0 Å². The van der Waals surface area contributed by atoms with Crippen LogP contribution >= 0.6 is 23.6 Å². The molecule has 1 atom stereocenters. The predicted molar refractivity (Wildman–Crippen MR) is 89.4 cm³/mol. The van der Waals surface area contributed by atoms with Crippen LogP contribution < -0.4 is 10.6 Å². The number of aryl methyl sites for hydroxylation is 2. The molecule has 0 radical (unpaired) electrons. The maximum Gasteiger partial charge on any atom is 0.166 e. The van der Waals surface area contributed by atoms with Crippen LogP contribution in [0.1, 0.15) is 34.0 Å². The minimum Gasteiger partial charge on any atom is -0.366 e. The van der Waals surface area contributed by atoms with Gasteiger partial charge in [0, 0.05) is 11.9 Å². The predicted octanol–water partition coefficient (Wildman–Crippen LogP) is 3.42. The molecule has 0 aliphatic heterocycles. The molecule has 1 unspecified atom stereocenters. The second kappa shape index (κ2) is 5.94. The van der Waals surface area contributed by atoms with Gasteiger partial charge in [-0.05, 0) is 59.6 Å². The summed E-state index contributed by atoms with van der Waals surface area (Å²) in [6, 6.07) is 11.2. The number of rotatable bonds is 3. The largest absolute Gasteiger partial charge is 0.366 e. The summed E-state index contributed by atoms with van der Waals surface area (Å²) >= 11 is 7.05. The normalized spacial score (nSPS) is 14.7. The molecule has 0 saturated carbocycles. The quantitative estimate of drug-likeness (QED) is 0.850. The van der Waals surface area contributed by atoms with Crippen LogP contribution in [0, 0.1) is 0 Å². The summed E-state index contributed by atoms with van der Waals surface area (Å²) in [5, 5.41) is 9.21. The number of nitrogens with one attached hydrogen (secondary N) is 2. The van der Waals surface area contributed by atoms with Crippen molar-refractivity contribution >= 4 is 28.7 Å². The summed E-state index contributed by atoms with van der Waals surface area (Å²) in [6.07, 6.45) is 3.71. The average Bonchev–Trinajstić information content (AvgIpc) is 3.14. The molecule has 0 bridgehead atoms. The van der Waals surface area contributed by atoms with Crippen molar-refractivity contribution in [2.75, 3.05) is 7.05 Å². The Morgan fingerprint density at radius 2 is 2.10 bits per heavy atom. The monoisotopic (exact) mass is 302 g/mol. The molecular formula is C16H18N2S2. The van der Waals surface area contributed by atoms with Gasteiger partial charge in [-0.2, -0.15) is 0 Å². The Bertz CT molecular complexity index is 605. The zero-order chi connectivity index (χ0) is 13.9. The van der Waals surface area contributed by atoms with Gasteiger partial charge in [0.1, 0.15) is 0 Å². The Labute approximate surface area is 129 Å². The lowest BCUT2D eigenvalue weighted by Crippen LogP contribution is -2.35. The molecule has 104 valence electrons. The fraction of sp³-hybridized carbons (Fsp3) is 0.312. The minimum atomic E-state index is 0.140. The topological polar surface area (TPSA) is 24.1 Å². The van der Waals surface area contributed by atoms with Crippen molar-refractivity contribution in [2.24, 2.45) is 0 Å². The van der Waals surface area contributed by atoms with Crippen LogP contribution in [0.5, 0.6) is 0 Å². The molecule has 1 aliphatic rings. The highest BCUT2D eigenvalue weighted by molar-refractivity contribution is 7.80. The Morgan fingerprint density at radius 1 is 1.25 bits per heavy atom. The average molecular weight is 302 g/mol. The second-order valence-corrected chi connectivity index (χ2v) is 6.44. The molecular weight excluding hydrogens is 284 g/mol. The highest BCUT2D eigenvalue weighted by Gasteiger charge is 2.19. The van der Waals surface area contributed by atoms with E-state index in [4.69, 9.17) is 12.2 Å². The van der Waals surface area contributed by atoms with Crippen LogP contribution in [0.25, 0.3) is 0 Å². The van der Waals surface area contributed by atoms with Crippen LogP contribution in [0.2, 0.25) is 0 Å². The van der Waals surface area contributed by atoms with E-state index in [1.807, 2.05) is 7.05 Å².